The molecular formula is C25H26N2O. The van der Waals surface area contributed by atoms with Gasteiger partial charge in [-0.15, -0.1) is 0 Å². The summed E-state index contributed by atoms with van der Waals surface area (Å²) >= 11 is 0. The Bertz CT molecular complexity index is 896. The highest BCUT2D eigenvalue weighted by molar-refractivity contribution is 5.21. The fourth-order valence-corrected chi connectivity index (χ4v) is 3.88. The van der Waals surface area contributed by atoms with Gasteiger partial charge in [-0.1, -0.05) is 91.0 Å². The van der Waals surface area contributed by atoms with Crippen molar-refractivity contribution in [1.82, 2.24) is 4.90 Å². The van der Waals surface area contributed by atoms with Gasteiger partial charge < -0.3 is 14.8 Å². The maximum absolute atomic E-state index is 13.8. The van der Waals surface area contributed by atoms with Crippen LogP contribution in [-0.4, -0.2) is 22.6 Å². The van der Waals surface area contributed by atoms with Gasteiger partial charge in [0.05, 0.1) is 19.3 Å². The monoisotopic (exact) mass is 370 g/mol. The zero-order valence-electron chi connectivity index (χ0n) is 16.0. The lowest BCUT2D eigenvalue weighted by Gasteiger charge is -2.50. The number of hydrogen-bond acceptors (Lipinski definition) is 2. The van der Waals surface area contributed by atoms with E-state index in [0.29, 0.717) is 13.1 Å². The summed E-state index contributed by atoms with van der Waals surface area (Å²) < 4.78 is -0.315. The van der Waals surface area contributed by atoms with Gasteiger partial charge in [0, 0.05) is 18.5 Å². The second kappa shape index (κ2) is 8.42. The SMILES string of the molecule is [O-][N+]1(CCc2ccccc2)C=CN(Cc2ccccc2)CC1c1ccccc1. The van der Waals surface area contributed by atoms with Crippen LogP contribution < -0.4 is 0 Å². The van der Waals surface area contributed by atoms with Gasteiger partial charge in [0.25, 0.3) is 0 Å². The van der Waals surface area contributed by atoms with Crippen LogP contribution >= 0.6 is 0 Å². The second-order valence-corrected chi connectivity index (χ2v) is 7.45. The molecule has 2 unspecified atom stereocenters. The molecule has 0 bridgehead atoms. The van der Waals surface area contributed by atoms with E-state index in [9.17, 15) is 5.21 Å². The van der Waals surface area contributed by atoms with Gasteiger partial charge in [0.15, 0.2) is 0 Å². The van der Waals surface area contributed by atoms with Gasteiger partial charge in [-0.3, -0.25) is 0 Å². The highest BCUT2D eigenvalue weighted by atomic mass is 16.5. The van der Waals surface area contributed by atoms with Crippen molar-refractivity contribution in [3.63, 3.8) is 0 Å². The van der Waals surface area contributed by atoms with Crippen molar-refractivity contribution in [3.8, 4) is 0 Å². The van der Waals surface area contributed by atoms with Crippen LogP contribution in [0.25, 0.3) is 0 Å². The van der Waals surface area contributed by atoms with Crippen LogP contribution in [0.4, 0.5) is 0 Å². The van der Waals surface area contributed by atoms with Crippen LogP contribution in [0.15, 0.2) is 103 Å². The van der Waals surface area contributed by atoms with E-state index in [0.717, 1.165) is 18.5 Å². The summed E-state index contributed by atoms with van der Waals surface area (Å²) in [6.07, 6.45) is 4.61. The predicted molar refractivity (Wildman–Crippen MR) is 114 cm³/mol. The van der Waals surface area contributed by atoms with Crippen molar-refractivity contribution < 1.29 is 4.65 Å². The van der Waals surface area contributed by atoms with Crippen molar-refractivity contribution >= 4 is 0 Å². The lowest BCUT2D eigenvalue weighted by atomic mass is 10.0. The molecular weight excluding hydrogens is 344 g/mol. The molecule has 28 heavy (non-hydrogen) atoms. The van der Waals surface area contributed by atoms with E-state index in [-0.39, 0.29) is 10.7 Å². The third kappa shape index (κ3) is 4.33. The molecule has 0 saturated heterocycles. The van der Waals surface area contributed by atoms with Crippen molar-refractivity contribution in [1.29, 1.82) is 0 Å². The highest BCUT2D eigenvalue weighted by Gasteiger charge is 2.33. The Morgan fingerprint density at radius 2 is 1.36 bits per heavy atom. The summed E-state index contributed by atoms with van der Waals surface area (Å²) in [5.41, 5.74) is 3.57. The van der Waals surface area contributed by atoms with Crippen molar-refractivity contribution in [2.45, 2.75) is 19.0 Å². The Morgan fingerprint density at radius 1 is 0.786 bits per heavy atom. The first-order valence-corrected chi connectivity index (χ1v) is 9.88. The van der Waals surface area contributed by atoms with Crippen LogP contribution in [0.5, 0.6) is 0 Å². The Labute approximate surface area is 167 Å². The standard InChI is InChI=1S/C25H26N2O/c28-27(18-16-22-10-4-1-5-11-22)19-17-26(20-23-12-6-2-7-13-23)21-25(27)24-14-8-3-9-15-24/h1-15,17,19,25H,16,18,20-21H2. The maximum Gasteiger partial charge on any atom is 0.136 e. The fraction of sp³-hybridized carbons (Fsp3) is 0.200. The molecule has 1 aliphatic heterocycles. The molecule has 3 heteroatoms. The van der Waals surface area contributed by atoms with E-state index in [1.165, 1.54) is 11.1 Å². The normalized spacial score (nSPS) is 21.6. The Balaban J connectivity index is 1.57. The zero-order valence-corrected chi connectivity index (χ0v) is 16.0. The van der Waals surface area contributed by atoms with Crippen LogP contribution in [-0.2, 0) is 13.0 Å². The molecule has 0 amide bonds. The topological polar surface area (TPSA) is 26.3 Å². The van der Waals surface area contributed by atoms with E-state index >= 15 is 0 Å². The van der Waals surface area contributed by atoms with Gasteiger partial charge in [-0.2, -0.15) is 0 Å². The molecule has 0 aliphatic carbocycles. The maximum atomic E-state index is 13.8. The second-order valence-electron chi connectivity index (χ2n) is 7.45. The molecule has 0 spiro atoms. The number of quaternary nitrogens is 1. The first kappa shape index (κ1) is 18.5. The molecule has 0 fully saturated rings. The molecule has 0 N–H and O–H groups in total. The molecule has 3 aromatic carbocycles. The molecule has 1 heterocycles. The van der Waals surface area contributed by atoms with Crippen LogP contribution in [0, 0.1) is 5.21 Å². The predicted octanol–water partition coefficient (Wildman–Crippen LogP) is 5.27. The molecule has 1 aliphatic rings. The number of nitrogens with zero attached hydrogens (tertiary/aromatic N) is 2. The third-order valence-electron chi connectivity index (χ3n) is 5.47. The number of rotatable bonds is 6. The Morgan fingerprint density at radius 3 is 2.00 bits per heavy atom. The van der Waals surface area contributed by atoms with Crippen molar-refractivity contribution in [2.75, 3.05) is 13.1 Å². The minimum absolute atomic E-state index is 0.126. The van der Waals surface area contributed by atoms with Gasteiger partial charge in [-0.05, 0) is 11.1 Å². The molecule has 0 aromatic heterocycles. The molecule has 0 saturated carbocycles. The summed E-state index contributed by atoms with van der Waals surface area (Å²) in [7, 11) is 0. The number of hydrogen-bond donors (Lipinski definition) is 0. The van der Waals surface area contributed by atoms with Crippen molar-refractivity contribution in [2.24, 2.45) is 0 Å². The van der Waals surface area contributed by atoms with E-state index < -0.39 is 0 Å². The first-order valence-electron chi connectivity index (χ1n) is 9.88. The van der Waals surface area contributed by atoms with Crippen molar-refractivity contribution in [3.05, 3.63) is 125 Å². The average Bonchev–Trinajstić information content (AvgIpc) is 2.76. The fourth-order valence-electron chi connectivity index (χ4n) is 3.88. The Hall–Kier alpha value is -2.88. The quantitative estimate of drug-likeness (QED) is 0.436. The first-order chi connectivity index (χ1) is 13.7. The van der Waals surface area contributed by atoms with Crippen LogP contribution in [0.2, 0.25) is 0 Å². The van der Waals surface area contributed by atoms with Crippen LogP contribution in [0.3, 0.4) is 0 Å². The highest BCUT2D eigenvalue weighted by Crippen LogP contribution is 2.34. The average molecular weight is 370 g/mol. The number of hydroxylamine groups is 3. The van der Waals surface area contributed by atoms with Gasteiger partial charge in [0.1, 0.15) is 12.2 Å². The van der Waals surface area contributed by atoms with Gasteiger partial charge >= 0.3 is 0 Å². The minimum Gasteiger partial charge on any atom is -0.627 e. The van der Waals surface area contributed by atoms with E-state index in [1.807, 2.05) is 54.9 Å². The zero-order chi connectivity index (χ0) is 19.2. The molecule has 3 aromatic rings. The summed E-state index contributed by atoms with van der Waals surface area (Å²) in [5, 5.41) is 13.8. The summed E-state index contributed by atoms with van der Waals surface area (Å²) in [6.45, 7) is 2.08. The molecule has 2 atom stereocenters. The van der Waals surface area contributed by atoms with Crippen LogP contribution in [0.1, 0.15) is 22.7 Å². The molecule has 4 rings (SSSR count). The van der Waals surface area contributed by atoms with E-state index in [1.54, 1.807) is 0 Å². The van der Waals surface area contributed by atoms with E-state index in [2.05, 4.69) is 53.4 Å². The number of benzene rings is 3. The summed E-state index contributed by atoms with van der Waals surface area (Å²) in [4.78, 5) is 2.25. The summed E-state index contributed by atoms with van der Waals surface area (Å²) in [6, 6.07) is 30.8. The van der Waals surface area contributed by atoms with Gasteiger partial charge in [0.2, 0.25) is 0 Å². The third-order valence-corrected chi connectivity index (χ3v) is 5.47. The Kier molecular flexibility index (Phi) is 5.56. The molecule has 142 valence electrons. The lowest BCUT2D eigenvalue weighted by molar-refractivity contribution is -0.864. The molecule has 3 nitrogen and oxygen atoms in total. The van der Waals surface area contributed by atoms with E-state index in [4.69, 9.17) is 0 Å². The smallest absolute Gasteiger partial charge is 0.136 e. The van der Waals surface area contributed by atoms with Gasteiger partial charge in [-0.25, -0.2) is 0 Å². The minimum atomic E-state index is -0.315. The molecule has 0 radical (unpaired) electrons. The lowest BCUT2D eigenvalue weighted by Crippen LogP contribution is -2.49. The largest absolute Gasteiger partial charge is 0.627 e. The summed E-state index contributed by atoms with van der Waals surface area (Å²) in [5.74, 6) is 0.